The molecule has 4 nitrogen and oxygen atoms in total. The van der Waals surface area contributed by atoms with Crippen molar-refractivity contribution in [3.63, 3.8) is 0 Å². The van der Waals surface area contributed by atoms with Crippen molar-refractivity contribution in [3.8, 4) is 0 Å². The van der Waals surface area contributed by atoms with Crippen molar-refractivity contribution in [1.29, 1.82) is 0 Å². The maximum Gasteiger partial charge on any atom is 0.253 e. The van der Waals surface area contributed by atoms with Gasteiger partial charge >= 0.3 is 0 Å². The molecule has 0 aromatic heterocycles. The molecule has 26 heavy (non-hydrogen) atoms. The Kier molecular flexibility index (Phi) is 6.69. The van der Waals surface area contributed by atoms with Gasteiger partial charge in [0.1, 0.15) is 11.6 Å². The van der Waals surface area contributed by atoms with E-state index in [0.29, 0.717) is 5.02 Å². The molecule has 7 heteroatoms. The summed E-state index contributed by atoms with van der Waals surface area (Å²) >= 11 is 5.95. The van der Waals surface area contributed by atoms with Crippen molar-refractivity contribution in [2.75, 3.05) is 5.32 Å². The molecule has 2 N–H and O–H groups in total. The van der Waals surface area contributed by atoms with Gasteiger partial charge in [-0.3, -0.25) is 9.59 Å². The van der Waals surface area contributed by atoms with Crippen molar-refractivity contribution in [1.82, 2.24) is 5.32 Å². The summed E-state index contributed by atoms with van der Waals surface area (Å²) in [5, 5.41) is 5.71. The summed E-state index contributed by atoms with van der Waals surface area (Å²) in [4.78, 5) is 24.4. The van der Waals surface area contributed by atoms with Crippen LogP contribution in [-0.2, 0) is 11.2 Å². The first-order valence-corrected chi connectivity index (χ1v) is 8.48. The van der Waals surface area contributed by atoms with E-state index in [1.165, 1.54) is 12.1 Å². The highest BCUT2D eigenvalue weighted by Gasteiger charge is 2.15. The lowest BCUT2D eigenvalue weighted by Crippen LogP contribution is -2.31. The third-order valence-electron chi connectivity index (χ3n) is 3.55. The Balaban J connectivity index is 2.09. The molecule has 0 spiro atoms. The molecule has 0 aliphatic carbocycles. The van der Waals surface area contributed by atoms with E-state index in [2.05, 4.69) is 10.6 Å². The quantitative estimate of drug-likeness (QED) is 0.783. The van der Waals surface area contributed by atoms with Gasteiger partial charge in [0.25, 0.3) is 5.91 Å². The number of nitrogens with one attached hydrogen (secondary N) is 2. The summed E-state index contributed by atoms with van der Waals surface area (Å²) in [6.07, 6.45) is -0.0400. The minimum Gasteiger partial charge on any atom is -0.350 e. The summed E-state index contributed by atoms with van der Waals surface area (Å²) < 4.78 is 26.8. The number of halogens is 3. The molecule has 0 unspecified atom stereocenters. The fourth-order valence-electron chi connectivity index (χ4n) is 2.35. The van der Waals surface area contributed by atoms with E-state index < -0.39 is 17.5 Å². The van der Waals surface area contributed by atoms with Crippen molar-refractivity contribution in [3.05, 3.63) is 64.2 Å². The van der Waals surface area contributed by atoms with E-state index in [1.807, 2.05) is 13.8 Å². The lowest BCUT2D eigenvalue weighted by Gasteiger charge is -2.14. The van der Waals surface area contributed by atoms with E-state index in [0.717, 1.165) is 18.2 Å². The highest BCUT2D eigenvalue weighted by atomic mass is 35.5. The van der Waals surface area contributed by atoms with Gasteiger partial charge < -0.3 is 10.6 Å². The van der Waals surface area contributed by atoms with Crippen molar-refractivity contribution in [2.45, 2.75) is 32.7 Å². The number of hydrogen-bond donors (Lipinski definition) is 2. The van der Waals surface area contributed by atoms with Crippen LogP contribution in [0.3, 0.4) is 0 Å². The van der Waals surface area contributed by atoms with Crippen LogP contribution in [0.25, 0.3) is 0 Å². The summed E-state index contributed by atoms with van der Waals surface area (Å²) in [5.74, 6) is -1.92. The van der Waals surface area contributed by atoms with Crippen LogP contribution in [0.2, 0.25) is 5.02 Å². The maximum atomic E-state index is 13.6. The van der Waals surface area contributed by atoms with Gasteiger partial charge in [0.15, 0.2) is 0 Å². The molecule has 0 fully saturated rings. The van der Waals surface area contributed by atoms with Gasteiger partial charge in [0.05, 0.1) is 11.3 Å². The Hall–Kier alpha value is -2.47. The van der Waals surface area contributed by atoms with Gasteiger partial charge in [0, 0.05) is 17.5 Å². The zero-order chi connectivity index (χ0) is 19.3. The Morgan fingerprint density at radius 2 is 1.85 bits per heavy atom. The minimum atomic E-state index is -0.570. The molecule has 0 bridgehead atoms. The molecule has 2 aromatic carbocycles. The molecule has 0 radical (unpaired) electrons. The van der Waals surface area contributed by atoms with Crippen LogP contribution in [-0.4, -0.2) is 17.9 Å². The molecule has 2 aromatic rings. The molecule has 0 saturated heterocycles. The number of carbonyl (C=O) groups is 2. The first kappa shape index (κ1) is 19.8. The number of amides is 2. The van der Waals surface area contributed by atoms with Gasteiger partial charge in [-0.05, 0) is 62.2 Å². The summed E-state index contributed by atoms with van der Waals surface area (Å²) in [6.45, 7) is 3.64. The predicted octanol–water partition coefficient (Wildman–Crippen LogP) is 4.33. The number of carbonyl (C=O) groups excluding carboxylic acids is 2. The normalized spacial score (nSPS) is 10.7. The monoisotopic (exact) mass is 380 g/mol. The molecule has 0 aliphatic rings. The highest BCUT2D eigenvalue weighted by Crippen LogP contribution is 2.22. The van der Waals surface area contributed by atoms with E-state index in [4.69, 9.17) is 11.6 Å². The third kappa shape index (κ3) is 5.52. The van der Waals surface area contributed by atoms with Crippen LogP contribution in [0, 0.1) is 11.6 Å². The Morgan fingerprint density at radius 3 is 2.54 bits per heavy atom. The van der Waals surface area contributed by atoms with E-state index >= 15 is 0 Å². The topological polar surface area (TPSA) is 58.2 Å². The van der Waals surface area contributed by atoms with Crippen LogP contribution in [0.5, 0.6) is 0 Å². The number of hydrogen-bond acceptors (Lipinski definition) is 2. The Bertz CT molecular complexity index is 825. The van der Waals surface area contributed by atoms with Gasteiger partial charge in [-0.25, -0.2) is 8.78 Å². The second-order valence-corrected chi connectivity index (χ2v) is 6.54. The number of benzene rings is 2. The highest BCUT2D eigenvalue weighted by molar-refractivity contribution is 6.31. The number of anilines is 1. The average molecular weight is 381 g/mol. The Labute approximate surface area is 155 Å². The van der Waals surface area contributed by atoms with Crippen LogP contribution >= 0.6 is 11.6 Å². The van der Waals surface area contributed by atoms with Crippen LogP contribution in [0.4, 0.5) is 14.5 Å². The first-order chi connectivity index (χ1) is 12.3. The second kappa shape index (κ2) is 8.76. The van der Waals surface area contributed by atoms with E-state index in [1.54, 1.807) is 6.07 Å². The zero-order valence-corrected chi connectivity index (χ0v) is 15.2. The summed E-state index contributed by atoms with van der Waals surface area (Å²) in [5.41, 5.74) is 0.651. The zero-order valence-electron chi connectivity index (χ0n) is 14.4. The Morgan fingerprint density at radius 1 is 1.12 bits per heavy atom. The SMILES string of the molecule is CC(C)NC(=O)c1ccc(Cl)cc1NC(=O)CCc1cc(F)ccc1F. The largest absolute Gasteiger partial charge is 0.350 e. The maximum absolute atomic E-state index is 13.6. The fraction of sp³-hybridized carbons (Fsp3) is 0.263. The third-order valence-corrected chi connectivity index (χ3v) is 3.78. The second-order valence-electron chi connectivity index (χ2n) is 6.10. The van der Waals surface area contributed by atoms with Crippen molar-refractivity contribution >= 4 is 29.1 Å². The van der Waals surface area contributed by atoms with Crippen molar-refractivity contribution in [2.24, 2.45) is 0 Å². The number of rotatable bonds is 6. The minimum absolute atomic E-state index is 0.0313. The van der Waals surface area contributed by atoms with Gasteiger partial charge in [-0.15, -0.1) is 0 Å². The van der Waals surface area contributed by atoms with Gasteiger partial charge in [0.2, 0.25) is 5.91 Å². The molecule has 0 atom stereocenters. The molecule has 138 valence electrons. The molecule has 0 saturated carbocycles. The lowest BCUT2D eigenvalue weighted by atomic mass is 10.1. The molecular weight excluding hydrogens is 362 g/mol. The van der Waals surface area contributed by atoms with E-state index in [-0.39, 0.29) is 41.6 Å². The van der Waals surface area contributed by atoms with Crippen molar-refractivity contribution < 1.29 is 18.4 Å². The lowest BCUT2D eigenvalue weighted by molar-refractivity contribution is -0.116. The first-order valence-electron chi connectivity index (χ1n) is 8.10. The predicted molar refractivity (Wildman–Crippen MR) is 97.4 cm³/mol. The van der Waals surface area contributed by atoms with Gasteiger partial charge in [-0.1, -0.05) is 11.6 Å². The van der Waals surface area contributed by atoms with E-state index in [9.17, 15) is 18.4 Å². The van der Waals surface area contributed by atoms with Crippen LogP contribution in [0.1, 0.15) is 36.2 Å². The molecular formula is C19H19ClF2N2O2. The standard InChI is InChI=1S/C19H19ClF2N2O2/c1-11(2)23-19(26)15-6-4-13(20)10-17(15)24-18(25)8-3-12-9-14(21)5-7-16(12)22/h4-7,9-11H,3,8H2,1-2H3,(H,23,26)(H,24,25). The molecule has 2 rings (SSSR count). The number of aryl methyl sites for hydroxylation is 1. The molecule has 0 heterocycles. The average Bonchev–Trinajstić information content (AvgIpc) is 2.55. The van der Waals surface area contributed by atoms with Crippen LogP contribution in [0.15, 0.2) is 36.4 Å². The fourth-order valence-corrected chi connectivity index (χ4v) is 2.53. The molecule has 2 amide bonds. The van der Waals surface area contributed by atoms with Crippen LogP contribution < -0.4 is 10.6 Å². The smallest absolute Gasteiger partial charge is 0.253 e. The summed E-state index contributed by atoms with van der Waals surface area (Å²) in [7, 11) is 0. The summed E-state index contributed by atoms with van der Waals surface area (Å²) in [6, 6.07) is 7.56. The van der Waals surface area contributed by atoms with Gasteiger partial charge in [-0.2, -0.15) is 0 Å². The molecule has 0 aliphatic heterocycles.